The lowest BCUT2D eigenvalue weighted by Crippen LogP contribution is -2.48. The van der Waals surface area contributed by atoms with Crippen LogP contribution in [0.3, 0.4) is 0 Å². The second-order valence-corrected chi connectivity index (χ2v) is 8.57. The van der Waals surface area contributed by atoms with Crippen molar-refractivity contribution in [2.24, 2.45) is 0 Å². The summed E-state index contributed by atoms with van der Waals surface area (Å²) in [5, 5.41) is 2.80. The molecule has 0 atom stereocenters. The predicted molar refractivity (Wildman–Crippen MR) is 106 cm³/mol. The van der Waals surface area contributed by atoms with E-state index in [9.17, 15) is 13.2 Å². The molecule has 1 aliphatic rings. The third kappa shape index (κ3) is 4.37. The minimum Gasteiger partial charge on any atom is -0.322 e. The first kappa shape index (κ1) is 19.5. The molecule has 3 rings (SSSR count). The Balaban J connectivity index is 1.77. The van der Waals surface area contributed by atoms with Crippen LogP contribution >= 0.6 is 0 Å². The minimum atomic E-state index is -3.57. The lowest BCUT2D eigenvalue weighted by atomic mass is 10.1. The monoisotopic (exact) mass is 387 g/mol. The Morgan fingerprint density at radius 1 is 1.04 bits per heavy atom. The van der Waals surface area contributed by atoms with Crippen LogP contribution < -0.4 is 5.32 Å². The number of nitrogens with one attached hydrogen (secondary N) is 1. The van der Waals surface area contributed by atoms with Gasteiger partial charge in [0.15, 0.2) is 0 Å². The fraction of sp³-hybridized carbons (Fsp3) is 0.350. The van der Waals surface area contributed by atoms with Crippen molar-refractivity contribution < 1.29 is 13.2 Å². The highest BCUT2D eigenvalue weighted by atomic mass is 32.2. The topological polar surface area (TPSA) is 69.7 Å². The third-order valence-corrected chi connectivity index (χ3v) is 6.79. The number of anilines is 1. The molecular weight excluding hydrogens is 362 g/mol. The van der Waals surface area contributed by atoms with E-state index in [2.05, 4.69) is 17.1 Å². The van der Waals surface area contributed by atoms with Crippen molar-refractivity contribution in [2.45, 2.75) is 18.7 Å². The number of piperazine rings is 1. The number of rotatable bonds is 5. The number of benzene rings is 2. The van der Waals surface area contributed by atoms with Crippen molar-refractivity contribution in [2.75, 3.05) is 38.0 Å². The predicted octanol–water partition coefficient (Wildman–Crippen LogP) is 2.57. The first-order valence-electron chi connectivity index (χ1n) is 9.11. The fourth-order valence-electron chi connectivity index (χ4n) is 3.20. The lowest BCUT2D eigenvalue weighted by Gasteiger charge is -2.33. The summed E-state index contributed by atoms with van der Waals surface area (Å²) in [6.45, 7) is 7.30. The van der Waals surface area contributed by atoms with Gasteiger partial charge in [0.05, 0.1) is 4.90 Å². The molecule has 0 aromatic heterocycles. The van der Waals surface area contributed by atoms with Crippen molar-refractivity contribution in [3.8, 4) is 0 Å². The Hall–Kier alpha value is -2.22. The van der Waals surface area contributed by atoms with Crippen molar-refractivity contribution in [3.63, 3.8) is 0 Å². The molecule has 2 aromatic rings. The molecule has 0 saturated carbocycles. The number of aryl methyl sites for hydroxylation is 1. The number of hydrogen-bond acceptors (Lipinski definition) is 4. The van der Waals surface area contributed by atoms with Crippen LogP contribution in [0.2, 0.25) is 0 Å². The fourth-order valence-corrected chi connectivity index (χ4v) is 4.66. The lowest BCUT2D eigenvalue weighted by molar-refractivity contribution is 0.102. The molecule has 0 spiro atoms. The molecular formula is C20H25N3O3S. The molecule has 1 aliphatic heterocycles. The summed E-state index contributed by atoms with van der Waals surface area (Å²) < 4.78 is 27.4. The zero-order valence-corrected chi connectivity index (χ0v) is 16.5. The molecule has 0 aliphatic carbocycles. The van der Waals surface area contributed by atoms with Crippen LogP contribution in [0.1, 0.15) is 22.8 Å². The first-order valence-corrected chi connectivity index (χ1v) is 10.6. The van der Waals surface area contributed by atoms with Crippen molar-refractivity contribution in [1.29, 1.82) is 0 Å². The molecule has 0 unspecified atom stereocenters. The van der Waals surface area contributed by atoms with E-state index in [-0.39, 0.29) is 10.8 Å². The third-order valence-electron chi connectivity index (χ3n) is 4.90. The van der Waals surface area contributed by atoms with Crippen molar-refractivity contribution >= 4 is 21.6 Å². The summed E-state index contributed by atoms with van der Waals surface area (Å²) in [5.41, 5.74) is 1.91. The van der Waals surface area contributed by atoms with E-state index < -0.39 is 10.0 Å². The molecule has 1 fully saturated rings. The number of carbonyl (C=O) groups is 1. The molecule has 7 heteroatoms. The van der Waals surface area contributed by atoms with Crippen LogP contribution in [0.5, 0.6) is 0 Å². The van der Waals surface area contributed by atoms with Gasteiger partial charge in [0.2, 0.25) is 10.0 Å². The molecule has 1 saturated heterocycles. The second kappa shape index (κ2) is 8.21. The number of likely N-dealkylation sites (N-methyl/N-ethyl adjacent to an activating group) is 1. The van der Waals surface area contributed by atoms with E-state index in [1.807, 2.05) is 19.1 Å². The number of carbonyl (C=O) groups excluding carboxylic acids is 1. The number of hydrogen-bond donors (Lipinski definition) is 1. The van der Waals surface area contributed by atoms with Crippen LogP contribution in [0.25, 0.3) is 0 Å². The highest BCUT2D eigenvalue weighted by Crippen LogP contribution is 2.21. The largest absolute Gasteiger partial charge is 0.322 e. The molecule has 27 heavy (non-hydrogen) atoms. The zero-order chi connectivity index (χ0) is 19.4. The Morgan fingerprint density at radius 2 is 1.74 bits per heavy atom. The summed E-state index contributed by atoms with van der Waals surface area (Å²) in [5.74, 6) is -0.251. The van der Waals surface area contributed by atoms with Gasteiger partial charge in [0.1, 0.15) is 0 Å². The average molecular weight is 388 g/mol. The van der Waals surface area contributed by atoms with Gasteiger partial charge in [-0.3, -0.25) is 4.79 Å². The highest BCUT2D eigenvalue weighted by Gasteiger charge is 2.28. The number of sulfonamides is 1. The summed E-state index contributed by atoms with van der Waals surface area (Å²) in [7, 11) is -3.57. The zero-order valence-electron chi connectivity index (χ0n) is 15.7. The summed E-state index contributed by atoms with van der Waals surface area (Å²) in [6, 6.07) is 13.7. The van der Waals surface area contributed by atoms with Gasteiger partial charge >= 0.3 is 0 Å². The van der Waals surface area contributed by atoms with Crippen LogP contribution in [0.4, 0.5) is 5.69 Å². The molecule has 1 amide bonds. The molecule has 1 N–H and O–H groups in total. The smallest absolute Gasteiger partial charge is 0.255 e. The Labute approximate surface area is 160 Å². The van der Waals surface area contributed by atoms with E-state index in [4.69, 9.17) is 0 Å². The maximum Gasteiger partial charge on any atom is 0.255 e. The average Bonchev–Trinajstić information content (AvgIpc) is 2.68. The van der Waals surface area contributed by atoms with Gasteiger partial charge in [-0.05, 0) is 43.3 Å². The summed E-state index contributed by atoms with van der Waals surface area (Å²) >= 11 is 0. The number of nitrogens with zero attached hydrogens (tertiary/aromatic N) is 2. The van der Waals surface area contributed by atoms with Crippen molar-refractivity contribution in [1.82, 2.24) is 9.21 Å². The van der Waals surface area contributed by atoms with Crippen LogP contribution in [0, 0.1) is 6.92 Å². The maximum absolute atomic E-state index is 12.9. The second-order valence-electron chi connectivity index (χ2n) is 6.64. The van der Waals surface area contributed by atoms with Gasteiger partial charge in [-0.25, -0.2) is 8.42 Å². The van der Waals surface area contributed by atoms with Crippen LogP contribution in [-0.2, 0) is 10.0 Å². The van der Waals surface area contributed by atoms with Gasteiger partial charge in [-0.1, -0.05) is 31.2 Å². The summed E-state index contributed by atoms with van der Waals surface area (Å²) in [6.07, 6.45) is 0. The Bertz CT molecular complexity index is 920. The van der Waals surface area contributed by atoms with Crippen LogP contribution in [-0.4, -0.2) is 56.3 Å². The molecule has 1 heterocycles. The van der Waals surface area contributed by atoms with E-state index in [1.165, 1.54) is 10.4 Å². The van der Waals surface area contributed by atoms with Gasteiger partial charge in [0.25, 0.3) is 5.91 Å². The van der Waals surface area contributed by atoms with E-state index in [0.29, 0.717) is 24.3 Å². The Kier molecular flexibility index (Phi) is 5.94. The van der Waals surface area contributed by atoms with E-state index in [1.54, 1.807) is 30.3 Å². The Morgan fingerprint density at radius 3 is 2.41 bits per heavy atom. The molecule has 6 nitrogen and oxygen atoms in total. The van der Waals surface area contributed by atoms with Gasteiger partial charge in [0, 0.05) is 37.4 Å². The molecule has 0 bridgehead atoms. The van der Waals surface area contributed by atoms with Crippen molar-refractivity contribution in [3.05, 3.63) is 59.7 Å². The normalized spacial score (nSPS) is 16.2. The van der Waals surface area contributed by atoms with E-state index in [0.717, 1.165) is 25.2 Å². The maximum atomic E-state index is 12.9. The van der Waals surface area contributed by atoms with E-state index >= 15 is 0 Å². The van der Waals surface area contributed by atoms with Crippen LogP contribution in [0.15, 0.2) is 53.4 Å². The first-order chi connectivity index (χ1) is 12.9. The molecule has 144 valence electrons. The minimum absolute atomic E-state index is 0.204. The summed E-state index contributed by atoms with van der Waals surface area (Å²) in [4.78, 5) is 14.9. The SMILES string of the molecule is CCN1CCN(S(=O)(=O)c2cccc(NC(=O)c3ccccc3C)c2)CC1. The standard InChI is InChI=1S/C20H25N3O3S/c1-3-22-11-13-23(14-12-22)27(25,26)18-9-6-8-17(15-18)21-20(24)19-10-5-4-7-16(19)2/h4-10,15H,3,11-14H2,1-2H3,(H,21,24). The van der Waals surface area contributed by atoms with Gasteiger partial charge in [-0.2, -0.15) is 4.31 Å². The molecule has 0 radical (unpaired) electrons. The molecule has 2 aromatic carbocycles. The quantitative estimate of drug-likeness (QED) is 0.856. The van der Waals surface area contributed by atoms with Gasteiger partial charge in [-0.15, -0.1) is 0 Å². The van der Waals surface area contributed by atoms with Gasteiger partial charge < -0.3 is 10.2 Å². The highest BCUT2D eigenvalue weighted by molar-refractivity contribution is 7.89. The number of amides is 1.